The topological polar surface area (TPSA) is 18.5 Å². The summed E-state index contributed by atoms with van der Waals surface area (Å²) < 4.78 is 37.9. The first-order valence-corrected chi connectivity index (χ1v) is 6.02. The first-order valence-electron chi connectivity index (χ1n) is 5.65. The minimum Gasteiger partial charge on any atom is -0.399 e. The van der Waals surface area contributed by atoms with Crippen molar-refractivity contribution < 1.29 is 18.1 Å². The molecule has 0 radical (unpaired) electrons. The minimum absolute atomic E-state index is 0.298. The Balaban J connectivity index is 2.39. The third-order valence-corrected chi connectivity index (χ3v) is 3.96. The Morgan fingerprint density at radius 2 is 1.56 bits per heavy atom. The van der Waals surface area contributed by atoms with Crippen molar-refractivity contribution in [3.8, 4) is 0 Å². The third-order valence-electron chi connectivity index (χ3n) is 3.57. The van der Waals surface area contributed by atoms with Crippen LogP contribution in [0.3, 0.4) is 0 Å². The van der Waals surface area contributed by atoms with E-state index in [-0.39, 0.29) is 5.02 Å². The Bertz CT molecular complexity index is 475. The first-order chi connectivity index (χ1) is 8.16. The summed E-state index contributed by atoms with van der Waals surface area (Å²) in [5.41, 5.74) is -0.799. The van der Waals surface area contributed by atoms with E-state index in [1.165, 1.54) is 6.07 Å². The van der Waals surface area contributed by atoms with Crippen LogP contribution in [-0.4, -0.2) is 18.3 Å². The molecule has 1 aliphatic rings. The van der Waals surface area contributed by atoms with E-state index in [9.17, 15) is 8.78 Å². The van der Waals surface area contributed by atoms with Crippen molar-refractivity contribution in [3.63, 3.8) is 0 Å². The quantitative estimate of drug-likeness (QED) is 0.579. The van der Waals surface area contributed by atoms with Gasteiger partial charge < -0.3 is 9.31 Å². The molecule has 1 aromatic carbocycles. The molecule has 1 aliphatic heterocycles. The molecular weight excluding hydrogens is 260 g/mol. The molecular formula is C12H14BClF2O2. The highest BCUT2D eigenvalue weighted by Gasteiger charge is 2.52. The number of hydrogen-bond donors (Lipinski definition) is 0. The van der Waals surface area contributed by atoms with Gasteiger partial charge in [0.05, 0.1) is 16.2 Å². The Hall–Kier alpha value is -0.645. The smallest absolute Gasteiger partial charge is 0.399 e. The summed E-state index contributed by atoms with van der Waals surface area (Å²) in [7, 11) is -0.794. The lowest BCUT2D eigenvalue weighted by Crippen LogP contribution is -2.41. The fraction of sp³-hybridized carbons (Fsp3) is 0.500. The zero-order chi connectivity index (χ0) is 13.7. The van der Waals surface area contributed by atoms with E-state index in [1.807, 2.05) is 27.7 Å². The summed E-state index contributed by atoms with van der Waals surface area (Å²) in [6.45, 7) is 7.50. The van der Waals surface area contributed by atoms with Crippen LogP contribution in [0.15, 0.2) is 12.1 Å². The lowest BCUT2D eigenvalue weighted by molar-refractivity contribution is 0.00578. The summed E-state index contributed by atoms with van der Waals surface area (Å²) >= 11 is 5.79. The predicted octanol–water partition coefficient (Wildman–Crippen LogP) is 2.92. The lowest BCUT2D eigenvalue weighted by atomic mass is 9.79. The van der Waals surface area contributed by atoms with Crippen molar-refractivity contribution in [1.29, 1.82) is 0 Å². The molecule has 0 saturated carbocycles. The largest absolute Gasteiger partial charge is 0.496 e. The van der Waals surface area contributed by atoms with Gasteiger partial charge in [-0.25, -0.2) is 8.78 Å². The molecule has 98 valence electrons. The maximum Gasteiger partial charge on any atom is 0.496 e. The van der Waals surface area contributed by atoms with Crippen LogP contribution in [0.2, 0.25) is 5.02 Å². The van der Waals surface area contributed by atoms with E-state index >= 15 is 0 Å². The van der Waals surface area contributed by atoms with Crippen LogP contribution in [0.25, 0.3) is 0 Å². The highest BCUT2D eigenvalue weighted by molar-refractivity contribution is 6.65. The number of halogens is 3. The van der Waals surface area contributed by atoms with Crippen molar-refractivity contribution >= 4 is 24.2 Å². The van der Waals surface area contributed by atoms with E-state index in [0.29, 0.717) is 5.46 Å². The fourth-order valence-electron chi connectivity index (χ4n) is 1.69. The lowest BCUT2D eigenvalue weighted by Gasteiger charge is -2.32. The number of hydrogen-bond acceptors (Lipinski definition) is 2. The summed E-state index contributed by atoms with van der Waals surface area (Å²) in [6.07, 6.45) is 0. The fourth-order valence-corrected chi connectivity index (χ4v) is 1.94. The van der Waals surface area contributed by atoms with Gasteiger partial charge in [0.15, 0.2) is 11.6 Å². The van der Waals surface area contributed by atoms with Crippen LogP contribution >= 0.6 is 11.6 Å². The summed E-state index contributed by atoms with van der Waals surface area (Å²) in [5, 5.41) is -0.298. The average Bonchev–Trinajstić information content (AvgIpc) is 2.45. The molecule has 0 spiro atoms. The molecule has 18 heavy (non-hydrogen) atoms. The van der Waals surface area contributed by atoms with E-state index in [2.05, 4.69) is 0 Å². The molecule has 0 amide bonds. The van der Waals surface area contributed by atoms with Gasteiger partial charge in [-0.1, -0.05) is 17.7 Å². The Morgan fingerprint density at radius 3 is 2.06 bits per heavy atom. The molecule has 0 bridgehead atoms. The van der Waals surface area contributed by atoms with Crippen LogP contribution in [0, 0.1) is 11.6 Å². The van der Waals surface area contributed by atoms with Crippen molar-refractivity contribution in [1.82, 2.24) is 0 Å². The molecule has 0 atom stereocenters. The predicted molar refractivity (Wildman–Crippen MR) is 67.1 cm³/mol. The maximum atomic E-state index is 13.4. The van der Waals surface area contributed by atoms with Crippen LogP contribution in [0.1, 0.15) is 27.7 Å². The highest BCUT2D eigenvalue weighted by atomic mass is 35.5. The molecule has 0 unspecified atom stereocenters. The monoisotopic (exact) mass is 274 g/mol. The molecule has 1 aromatic rings. The second-order valence-corrected chi connectivity index (χ2v) is 5.73. The standard InChI is InChI=1S/C12H14BClF2O2/c1-11(2)12(3,4)18-13(17-11)7-5-6-8(15)10(16)9(7)14/h5-6H,1-4H3. The molecule has 0 N–H and O–H groups in total. The second kappa shape index (κ2) is 4.18. The zero-order valence-electron chi connectivity index (χ0n) is 10.7. The van der Waals surface area contributed by atoms with Gasteiger partial charge in [-0.15, -0.1) is 0 Å². The van der Waals surface area contributed by atoms with Gasteiger partial charge in [0, 0.05) is 5.46 Å². The molecule has 1 saturated heterocycles. The van der Waals surface area contributed by atoms with Gasteiger partial charge in [-0.2, -0.15) is 0 Å². The SMILES string of the molecule is CC1(C)OB(c2ccc(F)c(F)c2Cl)OC1(C)C. The van der Waals surface area contributed by atoms with Gasteiger partial charge in [0.1, 0.15) is 0 Å². The summed E-state index contributed by atoms with van der Waals surface area (Å²) in [4.78, 5) is 0. The van der Waals surface area contributed by atoms with Gasteiger partial charge >= 0.3 is 7.12 Å². The third kappa shape index (κ3) is 2.04. The number of rotatable bonds is 1. The summed E-state index contributed by atoms with van der Waals surface area (Å²) in [6, 6.07) is 2.39. The van der Waals surface area contributed by atoms with Crippen LogP contribution in [0.5, 0.6) is 0 Å². The van der Waals surface area contributed by atoms with Gasteiger partial charge in [-0.05, 0) is 33.8 Å². The molecule has 0 aromatic heterocycles. The minimum atomic E-state index is -1.08. The van der Waals surface area contributed by atoms with Crippen molar-refractivity contribution in [2.24, 2.45) is 0 Å². The molecule has 0 aliphatic carbocycles. The van der Waals surface area contributed by atoms with E-state index in [0.717, 1.165) is 6.07 Å². The molecule has 1 fully saturated rings. The molecule has 1 heterocycles. The molecule has 6 heteroatoms. The van der Waals surface area contributed by atoms with E-state index < -0.39 is 30.0 Å². The van der Waals surface area contributed by atoms with Crippen molar-refractivity contribution in [3.05, 3.63) is 28.8 Å². The highest BCUT2D eigenvalue weighted by Crippen LogP contribution is 2.37. The van der Waals surface area contributed by atoms with Gasteiger partial charge in [0.25, 0.3) is 0 Å². The molecule has 2 rings (SSSR count). The Labute approximate surface area is 110 Å². The normalized spacial score (nSPS) is 21.4. The Kier molecular flexibility index (Phi) is 3.20. The van der Waals surface area contributed by atoms with Crippen LogP contribution in [0.4, 0.5) is 8.78 Å². The average molecular weight is 275 g/mol. The maximum absolute atomic E-state index is 13.4. The van der Waals surface area contributed by atoms with Gasteiger partial charge in [-0.3, -0.25) is 0 Å². The van der Waals surface area contributed by atoms with Crippen LogP contribution in [-0.2, 0) is 9.31 Å². The first kappa shape index (κ1) is 13.8. The zero-order valence-corrected chi connectivity index (χ0v) is 11.4. The summed E-state index contributed by atoms with van der Waals surface area (Å²) in [5.74, 6) is -2.07. The van der Waals surface area contributed by atoms with Crippen molar-refractivity contribution in [2.75, 3.05) is 0 Å². The van der Waals surface area contributed by atoms with Gasteiger partial charge in [0.2, 0.25) is 0 Å². The van der Waals surface area contributed by atoms with E-state index in [1.54, 1.807) is 0 Å². The van der Waals surface area contributed by atoms with Crippen LogP contribution < -0.4 is 5.46 Å². The molecule has 2 nitrogen and oxygen atoms in total. The Morgan fingerprint density at radius 1 is 1.06 bits per heavy atom. The van der Waals surface area contributed by atoms with Crippen molar-refractivity contribution in [2.45, 2.75) is 38.9 Å². The number of benzene rings is 1. The second-order valence-electron chi connectivity index (χ2n) is 5.35. The van der Waals surface area contributed by atoms with E-state index in [4.69, 9.17) is 20.9 Å².